The van der Waals surface area contributed by atoms with Crippen LogP contribution in [-0.4, -0.2) is 11.5 Å². The van der Waals surface area contributed by atoms with Crippen LogP contribution in [-0.2, 0) is 6.54 Å². The smallest absolute Gasteiger partial charge is 0.0271 e. The second-order valence-corrected chi connectivity index (χ2v) is 5.46. The van der Waals surface area contributed by atoms with Crippen LogP contribution in [0.3, 0.4) is 0 Å². The van der Waals surface area contributed by atoms with Gasteiger partial charge < -0.3 is 5.32 Å². The van der Waals surface area contributed by atoms with Gasteiger partial charge in [0.2, 0.25) is 0 Å². The molecule has 17 heavy (non-hydrogen) atoms. The Kier molecular flexibility index (Phi) is 4.99. The molecule has 1 N–H and O–H groups in total. The van der Waals surface area contributed by atoms with Crippen molar-refractivity contribution in [3.63, 3.8) is 0 Å². The number of rotatable bonds is 5. The van der Waals surface area contributed by atoms with E-state index in [2.05, 4.69) is 29.4 Å². The molecule has 2 atom stereocenters. The van der Waals surface area contributed by atoms with E-state index in [-0.39, 0.29) is 0 Å². The van der Waals surface area contributed by atoms with Crippen molar-refractivity contribution < 1.29 is 0 Å². The summed E-state index contributed by atoms with van der Waals surface area (Å²) in [4.78, 5) is 4.03. The molecule has 2 nitrogen and oxygen atoms in total. The van der Waals surface area contributed by atoms with Crippen LogP contribution in [0, 0.1) is 11.8 Å². The lowest BCUT2D eigenvalue weighted by molar-refractivity contribution is 0.267. The number of nitrogens with zero attached hydrogens (tertiary/aromatic N) is 1. The summed E-state index contributed by atoms with van der Waals surface area (Å²) in [5.74, 6) is 1.91. The first kappa shape index (κ1) is 12.6. The first-order valence-corrected chi connectivity index (χ1v) is 6.94. The van der Waals surface area contributed by atoms with Gasteiger partial charge in [-0.1, -0.05) is 26.2 Å². The maximum Gasteiger partial charge on any atom is 0.0271 e. The molecule has 0 aliphatic heterocycles. The van der Waals surface area contributed by atoms with E-state index in [0.29, 0.717) is 0 Å². The van der Waals surface area contributed by atoms with Gasteiger partial charge in [-0.2, -0.15) is 0 Å². The SMILES string of the molecule is CC1CCCC(CCNCc2ccncc2)C1. The minimum atomic E-state index is 0.953. The fourth-order valence-corrected chi connectivity index (χ4v) is 2.86. The fraction of sp³-hybridized carbons (Fsp3) is 0.667. The Balaban J connectivity index is 1.60. The third-order valence-electron chi connectivity index (χ3n) is 3.85. The summed E-state index contributed by atoms with van der Waals surface area (Å²) in [5.41, 5.74) is 1.33. The monoisotopic (exact) mass is 232 g/mol. The van der Waals surface area contributed by atoms with Crippen LogP contribution < -0.4 is 5.32 Å². The van der Waals surface area contributed by atoms with Crippen molar-refractivity contribution in [1.82, 2.24) is 10.3 Å². The zero-order valence-corrected chi connectivity index (χ0v) is 10.9. The topological polar surface area (TPSA) is 24.9 Å². The molecule has 1 aromatic heterocycles. The highest BCUT2D eigenvalue weighted by atomic mass is 14.8. The summed E-state index contributed by atoms with van der Waals surface area (Å²) in [6, 6.07) is 4.16. The van der Waals surface area contributed by atoms with E-state index < -0.39 is 0 Å². The summed E-state index contributed by atoms with van der Waals surface area (Å²) in [6.07, 6.45) is 10.8. The average molecular weight is 232 g/mol. The Morgan fingerprint density at radius 1 is 1.29 bits per heavy atom. The molecule has 94 valence electrons. The Hall–Kier alpha value is -0.890. The molecule has 1 aliphatic rings. The molecule has 0 saturated heterocycles. The van der Waals surface area contributed by atoms with Crippen molar-refractivity contribution in [2.24, 2.45) is 11.8 Å². The molecular weight excluding hydrogens is 208 g/mol. The normalized spacial score (nSPS) is 24.8. The molecule has 1 fully saturated rings. The molecule has 1 aliphatic carbocycles. The minimum Gasteiger partial charge on any atom is -0.313 e. The van der Waals surface area contributed by atoms with E-state index in [1.54, 1.807) is 0 Å². The lowest BCUT2D eigenvalue weighted by atomic mass is 9.81. The number of aromatic nitrogens is 1. The fourth-order valence-electron chi connectivity index (χ4n) is 2.86. The highest BCUT2D eigenvalue weighted by Crippen LogP contribution is 2.30. The second kappa shape index (κ2) is 6.75. The van der Waals surface area contributed by atoms with Crippen LogP contribution in [0.2, 0.25) is 0 Å². The summed E-state index contributed by atoms with van der Waals surface area (Å²) < 4.78 is 0. The minimum absolute atomic E-state index is 0.953. The molecule has 0 aromatic carbocycles. The van der Waals surface area contributed by atoms with Crippen LogP contribution in [0.4, 0.5) is 0 Å². The van der Waals surface area contributed by atoms with Gasteiger partial charge in [-0.25, -0.2) is 0 Å². The van der Waals surface area contributed by atoms with E-state index in [1.165, 1.54) is 37.7 Å². The average Bonchev–Trinajstić information content (AvgIpc) is 2.36. The lowest BCUT2D eigenvalue weighted by Gasteiger charge is -2.26. The third-order valence-corrected chi connectivity index (χ3v) is 3.85. The van der Waals surface area contributed by atoms with E-state index >= 15 is 0 Å². The largest absolute Gasteiger partial charge is 0.313 e. The quantitative estimate of drug-likeness (QED) is 0.787. The molecule has 0 radical (unpaired) electrons. The van der Waals surface area contributed by atoms with Gasteiger partial charge in [0.1, 0.15) is 0 Å². The first-order chi connectivity index (χ1) is 8.34. The Morgan fingerprint density at radius 2 is 2.12 bits per heavy atom. The van der Waals surface area contributed by atoms with Gasteiger partial charge in [-0.3, -0.25) is 4.98 Å². The van der Waals surface area contributed by atoms with E-state index in [9.17, 15) is 0 Å². The molecule has 2 rings (SSSR count). The van der Waals surface area contributed by atoms with Crippen LogP contribution in [0.5, 0.6) is 0 Å². The molecule has 2 heteroatoms. The van der Waals surface area contributed by atoms with Crippen molar-refractivity contribution in [2.45, 2.75) is 45.6 Å². The number of hydrogen-bond acceptors (Lipinski definition) is 2. The second-order valence-electron chi connectivity index (χ2n) is 5.46. The van der Waals surface area contributed by atoms with Gasteiger partial charge in [0, 0.05) is 18.9 Å². The molecule has 2 unspecified atom stereocenters. The first-order valence-electron chi connectivity index (χ1n) is 6.94. The molecule has 0 amide bonds. The Bertz CT molecular complexity index is 310. The zero-order valence-electron chi connectivity index (χ0n) is 10.9. The lowest BCUT2D eigenvalue weighted by Crippen LogP contribution is -2.21. The summed E-state index contributed by atoms with van der Waals surface area (Å²) in [7, 11) is 0. The van der Waals surface area contributed by atoms with Gasteiger partial charge in [0.15, 0.2) is 0 Å². The van der Waals surface area contributed by atoms with Crippen molar-refractivity contribution in [3.8, 4) is 0 Å². The van der Waals surface area contributed by atoms with Gasteiger partial charge >= 0.3 is 0 Å². The summed E-state index contributed by atoms with van der Waals surface area (Å²) in [5, 5.41) is 3.54. The molecule has 1 saturated carbocycles. The number of pyridine rings is 1. The maximum absolute atomic E-state index is 4.03. The van der Waals surface area contributed by atoms with Gasteiger partial charge in [-0.15, -0.1) is 0 Å². The van der Waals surface area contributed by atoms with E-state index in [0.717, 1.165) is 24.9 Å². The Labute approximate surface area is 105 Å². The zero-order chi connectivity index (χ0) is 11.9. The summed E-state index contributed by atoms with van der Waals surface area (Å²) in [6.45, 7) is 4.53. The highest BCUT2D eigenvalue weighted by molar-refractivity contribution is 5.08. The van der Waals surface area contributed by atoms with E-state index in [4.69, 9.17) is 0 Å². The maximum atomic E-state index is 4.03. The van der Waals surface area contributed by atoms with Crippen molar-refractivity contribution >= 4 is 0 Å². The molecule has 0 bridgehead atoms. The van der Waals surface area contributed by atoms with Gasteiger partial charge in [0.05, 0.1) is 0 Å². The molecular formula is C15H24N2. The van der Waals surface area contributed by atoms with E-state index in [1.807, 2.05) is 12.4 Å². The highest BCUT2D eigenvalue weighted by Gasteiger charge is 2.17. The van der Waals surface area contributed by atoms with Gasteiger partial charge in [-0.05, 0) is 48.9 Å². The van der Waals surface area contributed by atoms with Crippen LogP contribution in [0.25, 0.3) is 0 Å². The van der Waals surface area contributed by atoms with Crippen molar-refractivity contribution in [2.75, 3.05) is 6.54 Å². The number of hydrogen-bond donors (Lipinski definition) is 1. The molecule has 1 heterocycles. The van der Waals surface area contributed by atoms with Crippen molar-refractivity contribution in [3.05, 3.63) is 30.1 Å². The predicted molar refractivity (Wildman–Crippen MR) is 71.7 cm³/mol. The van der Waals surface area contributed by atoms with Crippen LogP contribution >= 0.6 is 0 Å². The predicted octanol–water partition coefficient (Wildman–Crippen LogP) is 3.39. The molecule has 0 spiro atoms. The standard InChI is InChI=1S/C15H24N2/c1-13-3-2-4-14(11-13)5-10-17-12-15-6-8-16-9-7-15/h6-9,13-14,17H,2-5,10-12H2,1H3. The van der Waals surface area contributed by atoms with Gasteiger partial charge in [0.25, 0.3) is 0 Å². The number of nitrogens with one attached hydrogen (secondary N) is 1. The third kappa shape index (κ3) is 4.47. The Morgan fingerprint density at radius 3 is 2.88 bits per heavy atom. The van der Waals surface area contributed by atoms with Crippen LogP contribution in [0.15, 0.2) is 24.5 Å². The molecule has 1 aromatic rings. The summed E-state index contributed by atoms with van der Waals surface area (Å²) >= 11 is 0. The van der Waals surface area contributed by atoms with Crippen molar-refractivity contribution in [1.29, 1.82) is 0 Å². The van der Waals surface area contributed by atoms with Crippen LogP contribution in [0.1, 0.15) is 44.6 Å².